The van der Waals surface area contributed by atoms with Crippen LogP contribution in [0.4, 0.5) is 0 Å². The maximum atomic E-state index is 3.08. The van der Waals surface area contributed by atoms with Crippen molar-refractivity contribution < 1.29 is 0 Å². The molecule has 0 aromatic heterocycles. The van der Waals surface area contributed by atoms with E-state index in [0.29, 0.717) is 10.8 Å². The first kappa shape index (κ1) is 31.8. The van der Waals surface area contributed by atoms with Gasteiger partial charge in [0.25, 0.3) is 0 Å². The number of allylic oxidation sites excluding steroid dienone is 2. The smallest absolute Gasteiger partial charge is 0.0681 e. The molecule has 5 atom stereocenters. The highest BCUT2D eigenvalue weighted by Crippen LogP contribution is 2.80. The van der Waals surface area contributed by atoms with Crippen LogP contribution in [0.3, 0.4) is 0 Å². The van der Waals surface area contributed by atoms with Gasteiger partial charge in [-0.2, -0.15) is 0 Å². The fraction of sp³-hybridized carbons (Fsp3) is 0.795. The summed E-state index contributed by atoms with van der Waals surface area (Å²) in [6.07, 6.45) is 10.2. The summed E-state index contributed by atoms with van der Waals surface area (Å²) in [4.78, 5) is 0. The molecule has 0 aliphatic heterocycles. The summed E-state index contributed by atoms with van der Waals surface area (Å²) < 4.78 is 0. The van der Waals surface area contributed by atoms with Crippen molar-refractivity contribution in [2.45, 2.75) is 185 Å². The highest BCUT2D eigenvalue weighted by Gasteiger charge is 2.71. The van der Waals surface area contributed by atoms with E-state index >= 15 is 0 Å². The Morgan fingerprint density at radius 2 is 1.17 bits per heavy atom. The molecule has 0 saturated heterocycles. The zero-order valence-corrected chi connectivity index (χ0v) is 31.6. The molecule has 4 aliphatic rings. The van der Waals surface area contributed by atoms with E-state index in [4.69, 9.17) is 0 Å². The third kappa shape index (κ3) is 3.80. The van der Waals surface area contributed by atoms with Gasteiger partial charge < -0.3 is 0 Å². The summed E-state index contributed by atoms with van der Waals surface area (Å²) in [5.41, 5.74) is 13.2. The van der Waals surface area contributed by atoms with Crippen LogP contribution in [0.2, 0.25) is 44.3 Å². The third-order valence-corrected chi connectivity index (χ3v) is 30.6. The van der Waals surface area contributed by atoms with Crippen LogP contribution in [0.1, 0.15) is 146 Å². The number of hydrogen-bond donors (Lipinski definition) is 0. The molecule has 0 radical (unpaired) electrons. The standard InChI is InChI=1S/C39H66Si2/c1-25(2)40(26(3)4,27(5)6)31-21-35-33-17-15-16-18-34(33)39-20-19-38(35,24-31)36(39)22-32(23-37(39,13)14)41(28(7)8,29(9)10)30(11)12/h15-18,22,25-32,35H,19-21,23-24H2,1-14H3/t31-,32-,35-,38+,39-/m0/s1. The molecule has 2 saturated carbocycles. The minimum atomic E-state index is -1.64. The van der Waals surface area contributed by atoms with Gasteiger partial charge in [-0.3, -0.25) is 0 Å². The molecule has 2 fully saturated rings. The Hall–Kier alpha value is -0.606. The van der Waals surface area contributed by atoms with Gasteiger partial charge in [-0.05, 0) is 71.1 Å². The second-order valence-electron chi connectivity index (χ2n) is 18.0. The van der Waals surface area contributed by atoms with E-state index < -0.39 is 16.1 Å². The lowest BCUT2D eigenvalue weighted by atomic mass is 9.48. The minimum absolute atomic E-state index is 0.244. The van der Waals surface area contributed by atoms with Crippen LogP contribution in [0, 0.1) is 10.8 Å². The molecule has 0 amide bonds. The van der Waals surface area contributed by atoms with Gasteiger partial charge in [-0.15, -0.1) is 0 Å². The summed E-state index contributed by atoms with van der Waals surface area (Å²) in [6, 6.07) is 9.97. The van der Waals surface area contributed by atoms with E-state index in [-0.39, 0.29) is 5.41 Å². The van der Waals surface area contributed by atoms with Crippen molar-refractivity contribution in [2.24, 2.45) is 10.8 Å². The topological polar surface area (TPSA) is 0 Å². The number of hydrogen-bond acceptors (Lipinski definition) is 0. The fourth-order valence-electron chi connectivity index (χ4n) is 14.5. The first-order valence-electron chi connectivity index (χ1n) is 17.8. The Morgan fingerprint density at radius 1 is 0.659 bits per heavy atom. The SMILES string of the molecule is CC(C)[Si](C(C)C)(C(C)C)[C@H]1C[C@H]2c3ccccc3[C@@]34CC[C@]2(C1)C3=C[C@H]([Si](C(C)C)(C(C)C)C(C)C)CC4(C)C. The van der Waals surface area contributed by atoms with Crippen LogP contribution < -0.4 is 0 Å². The number of fused-ring (bicyclic) bond motifs is 2. The van der Waals surface area contributed by atoms with Gasteiger partial charge in [-0.1, -0.05) is 166 Å². The van der Waals surface area contributed by atoms with Crippen LogP contribution >= 0.6 is 0 Å². The molecule has 0 N–H and O–H groups in total. The van der Waals surface area contributed by atoms with Gasteiger partial charge in [0.2, 0.25) is 0 Å². The number of benzene rings is 1. The lowest BCUT2D eigenvalue weighted by molar-refractivity contribution is 0.155. The van der Waals surface area contributed by atoms with E-state index in [1.807, 2.05) is 5.57 Å². The molecule has 1 aromatic carbocycles. The molecule has 1 spiro atoms. The van der Waals surface area contributed by atoms with Crippen molar-refractivity contribution in [2.75, 3.05) is 0 Å². The largest absolute Gasteiger partial charge is 0.0833 e. The van der Waals surface area contributed by atoms with Crippen molar-refractivity contribution in [1.29, 1.82) is 0 Å². The molecule has 0 unspecified atom stereocenters. The Bertz CT molecular complexity index is 1120. The van der Waals surface area contributed by atoms with Gasteiger partial charge >= 0.3 is 0 Å². The zero-order valence-electron chi connectivity index (χ0n) is 29.6. The molecule has 1 aromatic rings. The van der Waals surface area contributed by atoms with Crippen molar-refractivity contribution in [3.8, 4) is 0 Å². The highest BCUT2D eigenvalue weighted by atomic mass is 28.3. The summed E-state index contributed by atoms with van der Waals surface area (Å²) in [7, 11) is -3.21. The summed E-state index contributed by atoms with van der Waals surface area (Å²) in [5, 5.41) is 0. The molecule has 230 valence electrons. The number of rotatable bonds is 8. The quantitative estimate of drug-likeness (QED) is 0.209. The van der Waals surface area contributed by atoms with Crippen LogP contribution in [-0.4, -0.2) is 16.1 Å². The minimum Gasteiger partial charge on any atom is -0.0833 e. The van der Waals surface area contributed by atoms with Crippen LogP contribution in [0.5, 0.6) is 0 Å². The Labute approximate surface area is 258 Å². The summed E-state index contributed by atoms with van der Waals surface area (Å²) in [6.45, 7) is 36.8. The van der Waals surface area contributed by atoms with E-state index in [1.165, 1.54) is 32.1 Å². The fourth-order valence-corrected chi connectivity index (χ4v) is 30.6. The first-order chi connectivity index (χ1) is 19.0. The van der Waals surface area contributed by atoms with E-state index in [2.05, 4.69) is 127 Å². The second kappa shape index (κ2) is 10.2. The Balaban J connectivity index is 1.79. The summed E-state index contributed by atoms with van der Waals surface area (Å²) >= 11 is 0. The van der Waals surface area contributed by atoms with Gasteiger partial charge in [-0.25, -0.2) is 0 Å². The first-order valence-corrected chi connectivity index (χ1v) is 22.4. The van der Waals surface area contributed by atoms with Crippen LogP contribution in [-0.2, 0) is 5.41 Å². The van der Waals surface area contributed by atoms with Crippen LogP contribution in [0.25, 0.3) is 0 Å². The van der Waals surface area contributed by atoms with Gasteiger partial charge in [0, 0.05) is 5.41 Å². The monoisotopic (exact) mass is 590 g/mol. The van der Waals surface area contributed by atoms with Crippen molar-refractivity contribution in [3.63, 3.8) is 0 Å². The molecule has 5 rings (SSSR count). The van der Waals surface area contributed by atoms with E-state index in [1.54, 1.807) is 11.1 Å². The molecule has 4 aliphatic carbocycles. The van der Waals surface area contributed by atoms with Crippen molar-refractivity contribution >= 4 is 16.1 Å². The lowest BCUT2D eigenvalue weighted by Gasteiger charge is -2.60. The predicted octanol–water partition coefficient (Wildman–Crippen LogP) is 13.0. The Kier molecular flexibility index (Phi) is 7.93. The third-order valence-electron chi connectivity index (χ3n) is 15.1. The second-order valence-corrected chi connectivity index (χ2v) is 30.5. The lowest BCUT2D eigenvalue weighted by Crippen LogP contribution is -2.56. The molecule has 2 heteroatoms. The molecular weight excluding hydrogens is 525 g/mol. The zero-order chi connectivity index (χ0) is 30.5. The van der Waals surface area contributed by atoms with E-state index in [0.717, 1.165) is 50.2 Å². The highest BCUT2D eigenvalue weighted by molar-refractivity contribution is 6.85. The van der Waals surface area contributed by atoms with E-state index in [9.17, 15) is 0 Å². The Morgan fingerprint density at radius 3 is 1.68 bits per heavy atom. The van der Waals surface area contributed by atoms with Gasteiger partial charge in [0.05, 0.1) is 16.1 Å². The maximum absolute atomic E-state index is 3.08. The van der Waals surface area contributed by atoms with Crippen LogP contribution in [0.15, 0.2) is 35.9 Å². The molecule has 0 heterocycles. The molecule has 41 heavy (non-hydrogen) atoms. The van der Waals surface area contributed by atoms with Crippen molar-refractivity contribution in [1.82, 2.24) is 0 Å². The summed E-state index contributed by atoms with van der Waals surface area (Å²) in [5.74, 6) is 0.733. The predicted molar refractivity (Wildman–Crippen MR) is 188 cm³/mol. The van der Waals surface area contributed by atoms with Gasteiger partial charge in [0.1, 0.15) is 0 Å². The van der Waals surface area contributed by atoms with Gasteiger partial charge in [0.15, 0.2) is 0 Å². The maximum Gasteiger partial charge on any atom is 0.0681 e. The average molecular weight is 591 g/mol. The molecular formula is C39H66Si2. The molecule has 2 bridgehead atoms. The average Bonchev–Trinajstić information content (AvgIpc) is 3.35. The normalized spacial score (nSPS) is 32.8. The van der Waals surface area contributed by atoms with Crippen molar-refractivity contribution in [3.05, 3.63) is 47.0 Å². The molecule has 0 nitrogen and oxygen atoms in total.